The van der Waals surface area contributed by atoms with E-state index >= 15 is 0 Å². The minimum absolute atomic E-state index is 0.00635. The predicted octanol–water partition coefficient (Wildman–Crippen LogP) is 5.16. The summed E-state index contributed by atoms with van der Waals surface area (Å²) in [6.07, 6.45) is -5.09. The molecule has 0 spiro atoms. The van der Waals surface area contributed by atoms with Crippen LogP contribution in [0.15, 0.2) is 22.6 Å². The van der Waals surface area contributed by atoms with Gasteiger partial charge in [0, 0.05) is 18.2 Å². The molecule has 2 unspecified atom stereocenters. The summed E-state index contributed by atoms with van der Waals surface area (Å²) < 4.78 is 55.8. The number of carbonyl (C=O) groups is 2. The first-order valence-corrected chi connectivity index (χ1v) is 11.9. The Bertz CT molecular complexity index is 1110. The Hall–Kier alpha value is -2.77. The zero-order valence-electron chi connectivity index (χ0n) is 20.1. The van der Waals surface area contributed by atoms with Crippen LogP contribution < -0.4 is 10.1 Å². The van der Waals surface area contributed by atoms with Gasteiger partial charge in [0.1, 0.15) is 18.2 Å². The van der Waals surface area contributed by atoms with E-state index < -0.39 is 49.3 Å². The molecule has 0 aliphatic carbocycles. The number of piperidine rings is 1. The highest BCUT2D eigenvalue weighted by molar-refractivity contribution is 6.42. The normalized spacial score (nSPS) is 18.4. The lowest BCUT2D eigenvalue weighted by Crippen LogP contribution is -2.52. The van der Waals surface area contributed by atoms with Crippen LogP contribution in [0.3, 0.4) is 0 Å². The fourth-order valence-electron chi connectivity index (χ4n) is 3.47. The number of amides is 2. The molecule has 0 bridgehead atoms. The summed E-state index contributed by atoms with van der Waals surface area (Å²) in [6, 6.07) is 3.32. The fraction of sp³-hybridized carbons (Fsp3) is 0.545. The Morgan fingerprint density at radius 2 is 1.86 bits per heavy atom. The highest BCUT2D eigenvalue weighted by Crippen LogP contribution is 2.33. The lowest BCUT2D eigenvalue weighted by Gasteiger charge is -2.38. The van der Waals surface area contributed by atoms with Gasteiger partial charge in [-0.1, -0.05) is 28.3 Å². The zero-order chi connectivity index (χ0) is 27.4. The quantitative estimate of drug-likeness (QED) is 0.455. The number of aromatic nitrogens is 2. The number of nitrogens with one attached hydrogen (secondary N) is 1. The highest BCUT2D eigenvalue weighted by atomic mass is 35.5. The van der Waals surface area contributed by atoms with Crippen LogP contribution in [-0.2, 0) is 9.47 Å². The third-order valence-electron chi connectivity index (χ3n) is 5.01. The second-order valence-corrected chi connectivity index (χ2v) is 9.89. The van der Waals surface area contributed by atoms with Crippen LogP contribution in [0, 0.1) is 0 Å². The Kier molecular flexibility index (Phi) is 9.13. The molecule has 2 amide bonds. The van der Waals surface area contributed by atoms with Crippen LogP contribution in [0.2, 0.25) is 10.0 Å². The smallest absolute Gasteiger partial charge is 0.447 e. The van der Waals surface area contributed by atoms with Gasteiger partial charge in [-0.05, 0) is 51.8 Å². The second-order valence-electron chi connectivity index (χ2n) is 9.07. The van der Waals surface area contributed by atoms with Gasteiger partial charge in [0.05, 0.1) is 16.7 Å². The first kappa shape index (κ1) is 28.8. The summed E-state index contributed by atoms with van der Waals surface area (Å²) in [4.78, 5) is 27.1. The van der Waals surface area contributed by atoms with Crippen molar-refractivity contribution < 1.29 is 41.4 Å². The molecule has 1 saturated heterocycles. The molecule has 1 aliphatic heterocycles. The highest BCUT2D eigenvalue weighted by Gasteiger charge is 2.39. The number of ether oxygens (including phenoxy) is 3. The van der Waals surface area contributed by atoms with Crippen LogP contribution in [-0.4, -0.2) is 64.9 Å². The molecular formula is C22H25Cl2F3N4O6. The molecule has 2 atom stereocenters. The van der Waals surface area contributed by atoms with Gasteiger partial charge in [-0.15, -0.1) is 18.3 Å². The summed E-state index contributed by atoms with van der Waals surface area (Å²) in [5.41, 5.74) is -0.507. The number of nitrogens with zero attached hydrogens (tertiary/aromatic N) is 3. The zero-order valence-corrected chi connectivity index (χ0v) is 21.6. The van der Waals surface area contributed by atoms with Crippen molar-refractivity contribution in [2.75, 3.05) is 19.8 Å². The maximum absolute atomic E-state index is 13.0. The van der Waals surface area contributed by atoms with Gasteiger partial charge in [0.15, 0.2) is 0 Å². The first-order chi connectivity index (χ1) is 17.2. The molecular weight excluding hydrogens is 544 g/mol. The topological polar surface area (TPSA) is 116 Å². The molecule has 1 aromatic carbocycles. The van der Waals surface area contributed by atoms with Crippen LogP contribution in [0.25, 0.3) is 0 Å². The van der Waals surface area contributed by atoms with Gasteiger partial charge < -0.3 is 19.2 Å². The monoisotopic (exact) mass is 568 g/mol. The van der Waals surface area contributed by atoms with Gasteiger partial charge in [-0.25, -0.2) is 4.79 Å². The lowest BCUT2D eigenvalue weighted by atomic mass is 9.98. The van der Waals surface area contributed by atoms with Crippen LogP contribution >= 0.6 is 23.2 Å². The molecule has 0 radical (unpaired) electrons. The molecule has 15 heteroatoms. The summed E-state index contributed by atoms with van der Waals surface area (Å²) in [5, 5.41) is 11.0. The molecule has 1 N–H and O–H groups in total. The van der Waals surface area contributed by atoms with Gasteiger partial charge in [0.2, 0.25) is 5.89 Å². The van der Waals surface area contributed by atoms with Crippen molar-refractivity contribution in [3.05, 3.63) is 39.7 Å². The van der Waals surface area contributed by atoms with Crippen molar-refractivity contribution in [1.29, 1.82) is 0 Å². The van der Waals surface area contributed by atoms with Crippen LogP contribution in [0.4, 0.5) is 18.0 Å². The van der Waals surface area contributed by atoms with Gasteiger partial charge in [-0.2, -0.15) is 0 Å². The Labute approximate surface area is 220 Å². The number of carbonyl (C=O) groups excluding carboxylic acids is 2. The van der Waals surface area contributed by atoms with Crippen molar-refractivity contribution in [2.24, 2.45) is 0 Å². The van der Waals surface area contributed by atoms with Crippen LogP contribution in [0.5, 0.6) is 6.08 Å². The van der Waals surface area contributed by atoms with Crippen LogP contribution in [0.1, 0.15) is 55.9 Å². The maximum atomic E-state index is 13.0. The first-order valence-electron chi connectivity index (χ1n) is 11.1. The number of benzene rings is 1. The van der Waals surface area contributed by atoms with E-state index in [1.807, 2.05) is 0 Å². The summed E-state index contributed by atoms with van der Waals surface area (Å²) in [5.74, 6) is -0.396. The molecule has 1 aliphatic rings. The number of halogens is 5. The molecule has 2 heterocycles. The summed E-state index contributed by atoms with van der Waals surface area (Å²) in [7, 11) is 0. The fourth-order valence-corrected chi connectivity index (χ4v) is 3.77. The molecule has 1 fully saturated rings. The largest absolute Gasteiger partial charge is 0.522 e. The molecule has 204 valence electrons. The average Bonchev–Trinajstić information content (AvgIpc) is 3.25. The van der Waals surface area contributed by atoms with Crippen molar-refractivity contribution in [3.63, 3.8) is 0 Å². The van der Waals surface area contributed by atoms with E-state index in [1.54, 1.807) is 20.8 Å². The SMILES string of the molecule is CC(C)(C)OC(=O)N1CC(NC(=O)c2ccc(Cl)c(Cl)c2)CCC1c1nnc(OCCOC(F)(F)F)o1. The molecule has 2 aromatic rings. The van der Waals surface area contributed by atoms with E-state index in [-0.39, 0.29) is 23.5 Å². The van der Waals surface area contributed by atoms with E-state index in [2.05, 4.69) is 20.3 Å². The van der Waals surface area contributed by atoms with E-state index in [0.29, 0.717) is 23.4 Å². The van der Waals surface area contributed by atoms with Crippen molar-refractivity contribution in [1.82, 2.24) is 20.4 Å². The number of rotatable bonds is 7. The molecule has 10 nitrogen and oxygen atoms in total. The standard InChI is InChI=1S/C22H25Cl2F3N4O6/c1-21(2,3)37-20(33)31-11-13(28-17(32)12-4-6-14(23)15(24)10-12)5-7-16(31)18-29-30-19(36-18)34-8-9-35-22(25,26)27/h4,6,10,13,16H,5,7-9,11H2,1-3H3,(H,28,32). The second kappa shape index (κ2) is 11.7. The third-order valence-corrected chi connectivity index (χ3v) is 5.75. The molecule has 37 heavy (non-hydrogen) atoms. The number of likely N-dealkylation sites (tertiary alicyclic amines) is 1. The summed E-state index contributed by atoms with van der Waals surface area (Å²) in [6.45, 7) is 3.92. The molecule has 3 rings (SSSR count). The number of hydrogen-bond donors (Lipinski definition) is 1. The van der Waals surface area contributed by atoms with E-state index in [1.165, 1.54) is 23.1 Å². The Balaban J connectivity index is 1.69. The maximum Gasteiger partial charge on any atom is 0.522 e. The number of hydrogen-bond acceptors (Lipinski definition) is 8. The molecule has 0 saturated carbocycles. The van der Waals surface area contributed by atoms with E-state index in [4.69, 9.17) is 37.1 Å². The van der Waals surface area contributed by atoms with Gasteiger partial charge >= 0.3 is 18.5 Å². The number of alkyl halides is 3. The Morgan fingerprint density at radius 1 is 1.14 bits per heavy atom. The van der Waals surface area contributed by atoms with Gasteiger partial charge in [-0.3, -0.25) is 14.4 Å². The third kappa shape index (κ3) is 8.64. The van der Waals surface area contributed by atoms with E-state index in [9.17, 15) is 22.8 Å². The van der Waals surface area contributed by atoms with Crippen molar-refractivity contribution in [3.8, 4) is 6.08 Å². The minimum Gasteiger partial charge on any atom is -0.447 e. The van der Waals surface area contributed by atoms with Crippen molar-refractivity contribution >= 4 is 35.2 Å². The van der Waals surface area contributed by atoms with Gasteiger partial charge in [0.25, 0.3) is 5.91 Å². The molecule has 1 aromatic heterocycles. The minimum atomic E-state index is -4.79. The average molecular weight is 569 g/mol. The summed E-state index contributed by atoms with van der Waals surface area (Å²) >= 11 is 11.9. The van der Waals surface area contributed by atoms with E-state index in [0.717, 1.165) is 0 Å². The lowest BCUT2D eigenvalue weighted by molar-refractivity contribution is -0.325. The predicted molar refractivity (Wildman–Crippen MR) is 124 cm³/mol. The van der Waals surface area contributed by atoms with Crippen molar-refractivity contribution in [2.45, 2.75) is 57.7 Å². The Morgan fingerprint density at radius 3 is 2.51 bits per heavy atom.